The molecule has 1 nitrogen and oxygen atoms in total. The summed E-state index contributed by atoms with van der Waals surface area (Å²) in [5, 5.41) is 3.14. The zero-order chi connectivity index (χ0) is 12.9. The molecule has 0 bridgehead atoms. The molecule has 0 amide bonds. The molecule has 4 heteroatoms. The van der Waals surface area contributed by atoms with E-state index in [1.165, 1.54) is 12.1 Å². The Labute approximate surface area is 99.3 Å². The van der Waals surface area contributed by atoms with Crippen LogP contribution in [0.4, 0.5) is 13.2 Å². The Morgan fingerprint density at radius 3 is 2.65 bits per heavy atom. The van der Waals surface area contributed by atoms with Crippen molar-refractivity contribution in [1.29, 1.82) is 0 Å². The normalized spacial score (nSPS) is 13.4. The zero-order valence-electron chi connectivity index (χ0n) is 9.72. The van der Waals surface area contributed by atoms with Gasteiger partial charge in [0, 0.05) is 6.04 Å². The predicted octanol–water partition coefficient (Wildman–Crippen LogP) is 3.93. The van der Waals surface area contributed by atoms with Crippen LogP contribution in [0.25, 0.3) is 0 Å². The maximum Gasteiger partial charge on any atom is 0.416 e. The molecular weight excluding hydrogens is 227 g/mol. The maximum absolute atomic E-state index is 12.6. The van der Waals surface area contributed by atoms with Gasteiger partial charge in [0.1, 0.15) is 0 Å². The van der Waals surface area contributed by atoms with Gasteiger partial charge in [0.2, 0.25) is 0 Å². The summed E-state index contributed by atoms with van der Waals surface area (Å²) in [6, 6.07) is 5.30. The highest BCUT2D eigenvalue weighted by Crippen LogP contribution is 2.31. The van der Waals surface area contributed by atoms with Crippen LogP contribution in [0.3, 0.4) is 0 Å². The lowest BCUT2D eigenvalue weighted by Crippen LogP contribution is -2.20. The molecule has 0 aliphatic rings. The molecule has 1 unspecified atom stereocenters. The van der Waals surface area contributed by atoms with Crippen molar-refractivity contribution >= 4 is 0 Å². The standard InChI is InChI=1S/C13H16F3N/c1-3-6-12(17-4-2)10-7-5-8-11(9-10)13(14,15)16/h3,5,7-9,12,17H,1,4,6H2,2H3. The molecular formula is C13H16F3N. The summed E-state index contributed by atoms with van der Waals surface area (Å²) in [5.41, 5.74) is 0.0311. The highest BCUT2D eigenvalue weighted by atomic mass is 19.4. The van der Waals surface area contributed by atoms with Crippen LogP contribution in [0.5, 0.6) is 0 Å². The van der Waals surface area contributed by atoms with Crippen molar-refractivity contribution in [2.45, 2.75) is 25.6 Å². The van der Waals surface area contributed by atoms with Gasteiger partial charge in [-0.1, -0.05) is 25.1 Å². The third-order valence-corrected chi connectivity index (χ3v) is 2.47. The fourth-order valence-electron chi connectivity index (χ4n) is 1.68. The Bertz CT molecular complexity index is 371. The summed E-state index contributed by atoms with van der Waals surface area (Å²) in [6.07, 6.45) is -1.98. The zero-order valence-corrected chi connectivity index (χ0v) is 9.72. The van der Waals surface area contributed by atoms with Gasteiger partial charge in [-0.15, -0.1) is 6.58 Å². The topological polar surface area (TPSA) is 12.0 Å². The van der Waals surface area contributed by atoms with Crippen LogP contribution in [0.1, 0.15) is 30.5 Å². The molecule has 0 spiro atoms. The lowest BCUT2D eigenvalue weighted by molar-refractivity contribution is -0.137. The number of alkyl halides is 3. The predicted molar refractivity (Wildman–Crippen MR) is 62.7 cm³/mol. The fraction of sp³-hybridized carbons (Fsp3) is 0.385. The van der Waals surface area contributed by atoms with E-state index in [1.54, 1.807) is 12.1 Å². The first-order chi connectivity index (χ1) is 7.99. The van der Waals surface area contributed by atoms with E-state index in [9.17, 15) is 13.2 Å². The number of hydrogen-bond donors (Lipinski definition) is 1. The highest BCUT2D eigenvalue weighted by molar-refractivity contribution is 5.28. The molecule has 1 aromatic rings. The molecule has 94 valence electrons. The number of nitrogens with one attached hydrogen (secondary N) is 1. The highest BCUT2D eigenvalue weighted by Gasteiger charge is 2.30. The Kier molecular flexibility index (Phi) is 4.75. The summed E-state index contributed by atoms with van der Waals surface area (Å²) < 4.78 is 37.7. The molecule has 0 saturated heterocycles. The van der Waals surface area contributed by atoms with Crippen LogP contribution >= 0.6 is 0 Å². The van der Waals surface area contributed by atoms with Gasteiger partial charge < -0.3 is 5.32 Å². The van der Waals surface area contributed by atoms with Gasteiger partial charge in [0.15, 0.2) is 0 Å². The monoisotopic (exact) mass is 243 g/mol. The second-order valence-corrected chi connectivity index (χ2v) is 3.76. The van der Waals surface area contributed by atoms with Crippen molar-refractivity contribution < 1.29 is 13.2 Å². The smallest absolute Gasteiger partial charge is 0.310 e. The van der Waals surface area contributed by atoms with Crippen LogP contribution in [0.2, 0.25) is 0 Å². The number of halogens is 3. The van der Waals surface area contributed by atoms with Crippen molar-refractivity contribution in [3.05, 3.63) is 48.0 Å². The third kappa shape index (κ3) is 3.89. The van der Waals surface area contributed by atoms with Crippen molar-refractivity contribution in [2.75, 3.05) is 6.54 Å². The molecule has 0 aromatic heterocycles. The summed E-state index contributed by atoms with van der Waals surface area (Å²) in [5.74, 6) is 0. The molecule has 1 rings (SSSR count). The lowest BCUT2D eigenvalue weighted by atomic mass is 10.0. The molecule has 0 aliphatic carbocycles. The van der Waals surface area contributed by atoms with Crippen LogP contribution < -0.4 is 5.32 Å². The molecule has 1 atom stereocenters. The van der Waals surface area contributed by atoms with E-state index in [2.05, 4.69) is 11.9 Å². The van der Waals surface area contributed by atoms with Gasteiger partial charge in [-0.25, -0.2) is 0 Å². The van der Waals surface area contributed by atoms with Gasteiger partial charge in [0.25, 0.3) is 0 Å². The molecule has 1 aromatic carbocycles. The van der Waals surface area contributed by atoms with Crippen LogP contribution in [-0.2, 0) is 6.18 Å². The van der Waals surface area contributed by atoms with Crippen molar-refractivity contribution in [1.82, 2.24) is 5.32 Å². The van der Waals surface area contributed by atoms with Gasteiger partial charge in [0.05, 0.1) is 5.56 Å². The Morgan fingerprint density at radius 2 is 2.12 bits per heavy atom. The first-order valence-corrected chi connectivity index (χ1v) is 5.50. The van der Waals surface area contributed by atoms with E-state index in [0.717, 1.165) is 6.07 Å². The first-order valence-electron chi connectivity index (χ1n) is 5.50. The van der Waals surface area contributed by atoms with Crippen molar-refractivity contribution in [3.8, 4) is 0 Å². The summed E-state index contributed by atoms with van der Waals surface area (Å²) in [7, 11) is 0. The van der Waals surface area contributed by atoms with E-state index in [0.29, 0.717) is 18.5 Å². The second-order valence-electron chi connectivity index (χ2n) is 3.76. The Morgan fingerprint density at radius 1 is 1.41 bits per heavy atom. The van der Waals surface area contributed by atoms with E-state index in [1.807, 2.05) is 6.92 Å². The average Bonchev–Trinajstić information content (AvgIpc) is 2.28. The molecule has 0 saturated carbocycles. The van der Waals surface area contributed by atoms with Crippen LogP contribution in [-0.4, -0.2) is 6.54 Å². The second kappa shape index (κ2) is 5.87. The van der Waals surface area contributed by atoms with E-state index < -0.39 is 11.7 Å². The average molecular weight is 243 g/mol. The molecule has 1 N–H and O–H groups in total. The van der Waals surface area contributed by atoms with Gasteiger partial charge in [-0.3, -0.25) is 0 Å². The number of rotatable bonds is 5. The van der Waals surface area contributed by atoms with Crippen LogP contribution in [0, 0.1) is 0 Å². The lowest BCUT2D eigenvalue weighted by Gasteiger charge is -2.18. The molecule has 17 heavy (non-hydrogen) atoms. The fourth-order valence-corrected chi connectivity index (χ4v) is 1.68. The summed E-state index contributed by atoms with van der Waals surface area (Å²) in [4.78, 5) is 0. The van der Waals surface area contributed by atoms with Crippen molar-refractivity contribution in [3.63, 3.8) is 0 Å². The molecule has 0 fully saturated rings. The largest absolute Gasteiger partial charge is 0.416 e. The summed E-state index contributed by atoms with van der Waals surface area (Å²) >= 11 is 0. The minimum atomic E-state index is -4.29. The Hall–Kier alpha value is -1.29. The van der Waals surface area contributed by atoms with Gasteiger partial charge in [-0.05, 0) is 30.7 Å². The van der Waals surface area contributed by atoms with E-state index >= 15 is 0 Å². The molecule has 0 radical (unpaired) electrons. The molecule has 0 heterocycles. The quantitative estimate of drug-likeness (QED) is 0.772. The third-order valence-electron chi connectivity index (χ3n) is 2.47. The van der Waals surface area contributed by atoms with E-state index in [4.69, 9.17) is 0 Å². The molecule has 0 aliphatic heterocycles. The first kappa shape index (κ1) is 13.8. The number of benzene rings is 1. The Balaban J connectivity index is 2.99. The minimum absolute atomic E-state index is 0.111. The van der Waals surface area contributed by atoms with Crippen molar-refractivity contribution in [2.24, 2.45) is 0 Å². The number of hydrogen-bond acceptors (Lipinski definition) is 1. The maximum atomic E-state index is 12.6. The summed E-state index contributed by atoms with van der Waals surface area (Å²) in [6.45, 7) is 6.24. The van der Waals surface area contributed by atoms with E-state index in [-0.39, 0.29) is 6.04 Å². The van der Waals surface area contributed by atoms with Gasteiger partial charge in [-0.2, -0.15) is 13.2 Å². The van der Waals surface area contributed by atoms with Gasteiger partial charge >= 0.3 is 6.18 Å². The SMILES string of the molecule is C=CCC(NCC)c1cccc(C(F)(F)F)c1. The minimum Gasteiger partial charge on any atom is -0.310 e. The van der Waals surface area contributed by atoms with Crippen LogP contribution in [0.15, 0.2) is 36.9 Å².